The van der Waals surface area contributed by atoms with Crippen molar-refractivity contribution in [1.82, 2.24) is 9.78 Å². The van der Waals surface area contributed by atoms with E-state index in [-0.39, 0.29) is 6.04 Å². The van der Waals surface area contributed by atoms with E-state index in [1.807, 2.05) is 35.0 Å². The highest BCUT2D eigenvalue weighted by Gasteiger charge is 2.16. The third-order valence-corrected chi connectivity index (χ3v) is 3.59. The van der Waals surface area contributed by atoms with Crippen molar-refractivity contribution >= 4 is 17.3 Å². The first-order valence-electron chi connectivity index (χ1n) is 6.76. The molecule has 102 valence electrons. The van der Waals surface area contributed by atoms with Crippen LogP contribution in [0.5, 0.6) is 0 Å². The summed E-state index contributed by atoms with van der Waals surface area (Å²) in [4.78, 5) is 11.2. The van der Waals surface area contributed by atoms with Crippen LogP contribution < -0.4 is 0 Å². The standard InChI is InChI=1S/C16H16N2O2/c1-3-11(2)18-9-13(10-19)16(17-18)15-8-12-6-4-5-7-14(12)20-15/h4-11H,3H2,1-2H3. The number of carbonyl (C=O) groups is 1. The lowest BCUT2D eigenvalue weighted by atomic mass is 10.2. The minimum absolute atomic E-state index is 0.256. The molecule has 1 aromatic carbocycles. The number of furan rings is 1. The van der Waals surface area contributed by atoms with Crippen LogP contribution in [0.2, 0.25) is 0 Å². The molecule has 0 radical (unpaired) electrons. The van der Waals surface area contributed by atoms with Crippen LogP contribution in [0.25, 0.3) is 22.4 Å². The van der Waals surface area contributed by atoms with Gasteiger partial charge in [0, 0.05) is 17.6 Å². The number of benzene rings is 1. The van der Waals surface area contributed by atoms with Gasteiger partial charge in [-0.15, -0.1) is 0 Å². The molecule has 1 unspecified atom stereocenters. The van der Waals surface area contributed by atoms with Crippen LogP contribution in [0.1, 0.15) is 36.7 Å². The Kier molecular flexibility index (Phi) is 3.14. The maximum Gasteiger partial charge on any atom is 0.156 e. The molecule has 4 nitrogen and oxygen atoms in total. The average molecular weight is 268 g/mol. The van der Waals surface area contributed by atoms with E-state index in [0.29, 0.717) is 17.0 Å². The Morgan fingerprint density at radius 1 is 1.40 bits per heavy atom. The molecule has 0 aliphatic carbocycles. The fraction of sp³-hybridized carbons (Fsp3) is 0.250. The van der Waals surface area contributed by atoms with Gasteiger partial charge in [0.05, 0.1) is 5.56 Å². The molecule has 1 atom stereocenters. The predicted octanol–water partition coefficient (Wildman–Crippen LogP) is 4.08. The summed E-state index contributed by atoms with van der Waals surface area (Å²) >= 11 is 0. The maximum absolute atomic E-state index is 11.2. The van der Waals surface area contributed by atoms with Gasteiger partial charge < -0.3 is 4.42 Å². The molecule has 2 heterocycles. The van der Waals surface area contributed by atoms with Gasteiger partial charge in [0.2, 0.25) is 0 Å². The van der Waals surface area contributed by atoms with Crippen molar-refractivity contribution in [1.29, 1.82) is 0 Å². The van der Waals surface area contributed by atoms with Gasteiger partial charge in [0.15, 0.2) is 12.0 Å². The summed E-state index contributed by atoms with van der Waals surface area (Å²) in [5, 5.41) is 5.52. The molecule has 2 aromatic heterocycles. The largest absolute Gasteiger partial charge is 0.454 e. The second-order valence-corrected chi connectivity index (χ2v) is 4.94. The van der Waals surface area contributed by atoms with E-state index in [9.17, 15) is 4.79 Å². The second kappa shape index (κ2) is 4.96. The van der Waals surface area contributed by atoms with E-state index in [2.05, 4.69) is 18.9 Å². The van der Waals surface area contributed by atoms with Crippen LogP contribution in [0.3, 0.4) is 0 Å². The highest BCUT2D eigenvalue weighted by Crippen LogP contribution is 2.29. The number of nitrogens with zero attached hydrogens (tertiary/aromatic N) is 2. The molecule has 0 N–H and O–H groups in total. The summed E-state index contributed by atoms with van der Waals surface area (Å²) in [7, 11) is 0. The smallest absolute Gasteiger partial charge is 0.156 e. The molecule has 20 heavy (non-hydrogen) atoms. The summed E-state index contributed by atoms with van der Waals surface area (Å²) in [5.74, 6) is 0.635. The maximum atomic E-state index is 11.2. The van der Waals surface area contributed by atoms with E-state index in [1.54, 1.807) is 6.20 Å². The predicted molar refractivity (Wildman–Crippen MR) is 77.8 cm³/mol. The summed E-state index contributed by atoms with van der Waals surface area (Å²) in [5.41, 5.74) is 1.97. The lowest BCUT2D eigenvalue weighted by Crippen LogP contribution is -2.03. The first kappa shape index (κ1) is 12.7. The molecule has 0 aliphatic heterocycles. The highest BCUT2D eigenvalue weighted by atomic mass is 16.3. The summed E-state index contributed by atoms with van der Waals surface area (Å²) in [6.07, 6.45) is 3.57. The molecule has 0 saturated carbocycles. The Hall–Kier alpha value is -2.36. The van der Waals surface area contributed by atoms with Crippen molar-refractivity contribution in [3.05, 3.63) is 42.1 Å². The Morgan fingerprint density at radius 2 is 2.20 bits per heavy atom. The summed E-state index contributed by atoms with van der Waals surface area (Å²) in [6.45, 7) is 4.16. The normalized spacial score (nSPS) is 12.7. The summed E-state index contributed by atoms with van der Waals surface area (Å²) in [6, 6.07) is 9.95. The third-order valence-electron chi connectivity index (χ3n) is 3.59. The van der Waals surface area contributed by atoms with Crippen LogP contribution in [0.15, 0.2) is 40.9 Å². The van der Waals surface area contributed by atoms with E-state index >= 15 is 0 Å². The fourth-order valence-corrected chi connectivity index (χ4v) is 2.19. The van der Waals surface area contributed by atoms with Crippen LogP contribution >= 0.6 is 0 Å². The van der Waals surface area contributed by atoms with Crippen LogP contribution in [0, 0.1) is 0 Å². The molecule has 0 amide bonds. The zero-order chi connectivity index (χ0) is 14.1. The number of aromatic nitrogens is 2. The molecule has 4 heteroatoms. The first-order chi connectivity index (χ1) is 9.72. The Morgan fingerprint density at radius 3 is 2.90 bits per heavy atom. The highest BCUT2D eigenvalue weighted by molar-refractivity contribution is 5.88. The monoisotopic (exact) mass is 268 g/mol. The molecule has 0 spiro atoms. The topological polar surface area (TPSA) is 48.0 Å². The zero-order valence-corrected chi connectivity index (χ0v) is 11.5. The van der Waals surface area contributed by atoms with Crippen molar-refractivity contribution in [3.8, 4) is 11.5 Å². The van der Waals surface area contributed by atoms with E-state index in [0.717, 1.165) is 23.7 Å². The third kappa shape index (κ3) is 2.03. The summed E-state index contributed by atoms with van der Waals surface area (Å²) < 4.78 is 7.61. The van der Waals surface area contributed by atoms with Crippen LogP contribution in [-0.4, -0.2) is 16.1 Å². The van der Waals surface area contributed by atoms with Gasteiger partial charge in [0.1, 0.15) is 11.3 Å². The van der Waals surface area contributed by atoms with Crippen LogP contribution in [0.4, 0.5) is 0 Å². The molecule has 3 aromatic rings. The van der Waals surface area contributed by atoms with Crippen molar-refractivity contribution in [3.63, 3.8) is 0 Å². The van der Waals surface area contributed by atoms with Gasteiger partial charge in [-0.2, -0.15) is 5.10 Å². The number of aldehydes is 1. The fourth-order valence-electron chi connectivity index (χ4n) is 2.19. The average Bonchev–Trinajstić information content (AvgIpc) is 3.09. The van der Waals surface area contributed by atoms with Crippen molar-refractivity contribution in [2.45, 2.75) is 26.3 Å². The van der Waals surface area contributed by atoms with E-state index in [1.165, 1.54) is 0 Å². The Bertz CT molecular complexity index is 722. The SMILES string of the molecule is CCC(C)n1cc(C=O)c(-c2cc3ccccc3o2)n1. The number of rotatable bonds is 4. The number of fused-ring (bicyclic) bond motifs is 1. The minimum Gasteiger partial charge on any atom is -0.454 e. The number of hydrogen-bond donors (Lipinski definition) is 0. The van der Waals surface area contributed by atoms with Crippen molar-refractivity contribution in [2.24, 2.45) is 0 Å². The molecule has 0 fully saturated rings. The molecular weight excluding hydrogens is 252 g/mol. The van der Waals surface area contributed by atoms with Gasteiger partial charge in [-0.1, -0.05) is 25.1 Å². The van der Waals surface area contributed by atoms with Crippen molar-refractivity contribution in [2.75, 3.05) is 0 Å². The lowest BCUT2D eigenvalue weighted by molar-refractivity contribution is 0.112. The Labute approximate surface area is 117 Å². The lowest BCUT2D eigenvalue weighted by Gasteiger charge is -2.07. The van der Waals surface area contributed by atoms with Crippen molar-refractivity contribution < 1.29 is 9.21 Å². The first-order valence-corrected chi connectivity index (χ1v) is 6.76. The number of hydrogen-bond acceptors (Lipinski definition) is 3. The Balaban J connectivity index is 2.12. The molecule has 0 aliphatic rings. The molecule has 0 bridgehead atoms. The quantitative estimate of drug-likeness (QED) is 0.670. The second-order valence-electron chi connectivity index (χ2n) is 4.94. The zero-order valence-electron chi connectivity index (χ0n) is 11.5. The van der Waals surface area contributed by atoms with Gasteiger partial charge >= 0.3 is 0 Å². The molecular formula is C16H16N2O2. The van der Waals surface area contributed by atoms with Crippen LogP contribution in [-0.2, 0) is 0 Å². The minimum atomic E-state index is 0.256. The number of para-hydroxylation sites is 1. The van der Waals surface area contributed by atoms with E-state index in [4.69, 9.17) is 4.42 Å². The van der Waals surface area contributed by atoms with Gasteiger partial charge in [-0.25, -0.2) is 0 Å². The number of carbonyl (C=O) groups excluding carboxylic acids is 1. The van der Waals surface area contributed by atoms with Gasteiger partial charge in [-0.05, 0) is 25.5 Å². The van der Waals surface area contributed by atoms with Gasteiger partial charge in [-0.3, -0.25) is 9.48 Å². The van der Waals surface area contributed by atoms with Gasteiger partial charge in [0.25, 0.3) is 0 Å². The van der Waals surface area contributed by atoms with E-state index < -0.39 is 0 Å². The molecule has 3 rings (SSSR count). The molecule has 0 saturated heterocycles.